The summed E-state index contributed by atoms with van der Waals surface area (Å²) in [5, 5.41) is 2.99. The quantitative estimate of drug-likeness (QED) is 0.833. The normalized spacial score (nSPS) is 20.2. The molecule has 1 aliphatic heterocycles. The van der Waals surface area contributed by atoms with Crippen LogP contribution in [0, 0.1) is 0 Å². The zero-order valence-corrected chi connectivity index (χ0v) is 14.7. The van der Waals surface area contributed by atoms with E-state index in [-0.39, 0.29) is 36.5 Å². The van der Waals surface area contributed by atoms with Crippen molar-refractivity contribution < 1.29 is 19.1 Å². The minimum absolute atomic E-state index is 0.0670. The van der Waals surface area contributed by atoms with Gasteiger partial charge >= 0.3 is 0 Å². The maximum absolute atomic E-state index is 12.4. The van der Waals surface area contributed by atoms with Gasteiger partial charge in [0, 0.05) is 31.5 Å². The second-order valence-electron chi connectivity index (χ2n) is 6.81. The number of ketones is 1. The minimum Gasteiger partial charge on any atom is -0.479 e. The number of rotatable bonds is 5. The highest BCUT2D eigenvalue weighted by Crippen LogP contribution is 2.34. The molecule has 1 atom stereocenters. The first-order valence-electron chi connectivity index (χ1n) is 8.86. The van der Waals surface area contributed by atoms with Crippen molar-refractivity contribution in [1.82, 2.24) is 5.32 Å². The van der Waals surface area contributed by atoms with Crippen LogP contribution in [0.3, 0.4) is 0 Å². The summed E-state index contributed by atoms with van der Waals surface area (Å²) in [6.45, 7) is 1.70. The predicted molar refractivity (Wildman–Crippen MR) is 93.9 cm³/mol. The van der Waals surface area contributed by atoms with Crippen molar-refractivity contribution in [1.29, 1.82) is 0 Å². The lowest BCUT2D eigenvalue weighted by Crippen LogP contribution is -2.42. The van der Waals surface area contributed by atoms with E-state index in [1.165, 1.54) is 4.90 Å². The molecule has 0 spiro atoms. The highest BCUT2D eigenvalue weighted by atomic mass is 16.5. The van der Waals surface area contributed by atoms with Gasteiger partial charge in [-0.05, 0) is 38.0 Å². The van der Waals surface area contributed by atoms with E-state index in [1.54, 1.807) is 32.2 Å². The van der Waals surface area contributed by atoms with Gasteiger partial charge in [0.1, 0.15) is 5.75 Å². The van der Waals surface area contributed by atoms with E-state index in [9.17, 15) is 14.4 Å². The van der Waals surface area contributed by atoms with Crippen LogP contribution in [0.1, 0.15) is 55.8 Å². The average molecular weight is 344 g/mol. The van der Waals surface area contributed by atoms with E-state index in [0.29, 0.717) is 17.0 Å². The fourth-order valence-corrected chi connectivity index (χ4v) is 3.43. The maximum atomic E-state index is 12.4. The summed E-state index contributed by atoms with van der Waals surface area (Å²) in [5.74, 6) is 0.268. The summed E-state index contributed by atoms with van der Waals surface area (Å²) in [6.07, 6.45) is 4.20. The zero-order valence-electron chi connectivity index (χ0n) is 14.7. The number of likely N-dealkylation sites (N-methyl/N-ethyl adjacent to an activating group) is 1. The first kappa shape index (κ1) is 17.5. The Labute approximate surface area is 147 Å². The van der Waals surface area contributed by atoms with Gasteiger partial charge in [-0.2, -0.15) is 0 Å². The second kappa shape index (κ2) is 7.25. The fourth-order valence-electron chi connectivity index (χ4n) is 3.43. The molecule has 25 heavy (non-hydrogen) atoms. The Morgan fingerprint density at radius 1 is 1.24 bits per heavy atom. The average Bonchev–Trinajstić information content (AvgIpc) is 3.10. The van der Waals surface area contributed by atoms with E-state index in [1.807, 2.05) is 0 Å². The Morgan fingerprint density at radius 2 is 1.96 bits per heavy atom. The van der Waals surface area contributed by atoms with Gasteiger partial charge in [-0.1, -0.05) is 12.8 Å². The number of amides is 2. The molecule has 1 aliphatic carbocycles. The van der Waals surface area contributed by atoms with Gasteiger partial charge < -0.3 is 15.0 Å². The Morgan fingerprint density at radius 3 is 2.68 bits per heavy atom. The van der Waals surface area contributed by atoms with Crippen LogP contribution in [-0.4, -0.2) is 36.8 Å². The number of nitrogens with zero attached hydrogens (tertiary/aromatic N) is 1. The number of nitrogens with one attached hydrogen (secondary N) is 1. The number of Topliss-reactive ketones (excluding diaryl/α,β-unsaturated/α-hetero) is 1. The molecule has 1 saturated carbocycles. The Kier molecular flexibility index (Phi) is 5.06. The summed E-state index contributed by atoms with van der Waals surface area (Å²) < 4.78 is 5.56. The van der Waals surface area contributed by atoms with Crippen molar-refractivity contribution in [2.24, 2.45) is 0 Å². The molecule has 1 N–H and O–H groups in total. The Hall–Kier alpha value is -2.37. The van der Waals surface area contributed by atoms with Crippen molar-refractivity contribution in [3.8, 4) is 5.75 Å². The largest absolute Gasteiger partial charge is 0.479 e. The van der Waals surface area contributed by atoms with Crippen molar-refractivity contribution in [2.75, 3.05) is 11.9 Å². The van der Waals surface area contributed by atoms with Crippen molar-refractivity contribution in [3.63, 3.8) is 0 Å². The monoisotopic (exact) mass is 344 g/mol. The molecule has 1 aromatic carbocycles. The van der Waals surface area contributed by atoms with E-state index in [4.69, 9.17) is 4.74 Å². The molecule has 1 fully saturated rings. The van der Waals surface area contributed by atoms with Crippen LogP contribution in [0.5, 0.6) is 5.75 Å². The summed E-state index contributed by atoms with van der Waals surface area (Å²) >= 11 is 0. The van der Waals surface area contributed by atoms with Crippen LogP contribution in [0.25, 0.3) is 0 Å². The molecule has 0 radical (unpaired) electrons. The molecular formula is C19H24N2O4. The number of hydrogen-bond acceptors (Lipinski definition) is 4. The van der Waals surface area contributed by atoms with E-state index < -0.39 is 6.10 Å². The van der Waals surface area contributed by atoms with E-state index in [2.05, 4.69) is 5.32 Å². The number of carbonyl (C=O) groups is 3. The molecule has 6 heteroatoms. The number of carbonyl (C=O) groups excluding carboxylic acids is 3. The number of anilines is 1. The molecule has 1 aromatic rings. The molecule has 6 nitrogen and oxygen atoms in total. The molecule has 1 unspecified atom stereocenters. The van der Waals surface area contributed by atoms with Gasteiger partial charge in [0.25, 0.3) is 5.91 Å². The van der Waals surface area contributed by atoms with Crippen molar-refractivity contribution in [2.45, 2.75) is 57.6 Å². The number of benzene rings is 1. The van der Waals surface area contributed by atoms with Crippen LogP contribution >= 0.6 is 0 Å². The summed E-state index contributed by atoms with van der Waals surface area (Å²) in [4.78, 5) is 37.9. The van der Waals surface area contributed by atoms with Crippen molar-refractivity contribution in [3.05, 3.63) is 23.8 Å². The Balaban J connectivity index is 1.61. The Bertz CT molecular complexity index is 695. The summed E-state index contributed by atoms with van der Waals surface area (Å²) in [6, 6.07) is 5.33. The van der Waals surface area contributed by atoms with Gasteiger partial charge in [-0.15, -0.1) is 0 Å². The first-order valence-corrected chi connectivity index (χ1v) is 8.86. The topological polar surface area (TPSA) is 75.7 Å². The lowest BCUT2D eigenvalue weighted by Gasteiger charge is -2.30. The van der Waals surface area contributed by atoms with E-state index >= 15 is 0 Å². The standard InChI is InChI=1S/C19H24N2O4/c1-12-19(24)21(2)15-11-13(7-9-17(15)25-12)16(22)8-10-18(23)20-14-5-3-4-6-14/h7,9,11-12,14H,3-6,8,10H2,1-2H3,(H,20,23). The molecule has 1 heterocycles. The number of ether oxygens (including phenoxy) is 1. The second-order valence-corrected chi connectivity index (χ2v) is 6.81. The zero-order chi connectivity index (χ0) is 18.0. The molecule has 3 rings (SSSR count). The third-order valence-corrected chi connectivity index (χ3v) is 4.92. The van der Waals surface area contributed by atoms with Gasteiger partial charge in [-0.3, -0.25) is 14.4 Å². The SMILES string of the molecule is CC1Oc2ccc(C(=O)CCC(=O)NC3CCCC3)cc2N(C)C1=O. The lowest BCUT2D eigenvalue weighted by atomic mass is 10.0. The van der Waals surface area contributed by atoms with Gasteiger partial charge in [0.15, 0.2) is 11.9 Å². The molecule has 0 bridgehead atoms. The highest BCUT2D eigenvalue weighted by molar-refractivity contribution is 6.03. The summed E-state index contributed by atoms with van der Waals surface area (Å²) in [7, 11) is 1.67. The van der Waals surface area contributed by atoms with Gasteiger partial charge in [-0.25, -0.2) is 0 Å². The lowest BCUT2D eigenvalue weighted by molar-refractivity contribution is -0.125. The van der Waals surface area contributed by atoms with Crippen LogP contribution in [0.2, 0.25) is 0 Å². The fraction of sp³-hybridized carbons (Fsp3) is 0.526. The highest BCUT2D eigenvalue weighted by Gasteiger charge is 2.29. The summed E-state index contributed by atoms with van der Waals surface area (Å²) in [5.41, 5.74) is 1.08. The van der Waals surface area contributed by atoms with Crippen molar-refractivity contribution >= 4 is 23.3 Å². The molecule has 0 aromatic heterocycles. The van der Waals surface area contributed by atoms with Crippen LogP contribution in [0.15, 0.2) is 18.2 Å². The maximum Gasteiger partial charge on any atom is 0.267 e. The third-order valence-electron chi connectivity index (χ3n) is 4.92. The van der Waals surface area contributed by atoms with Gasteiger partial charge in [0.2, 0.25) is 5.91 Å². The van der Waals surface area contributed by atoms with E-state index in [0.717, 1.165) is 25.7 Å². The number of fused-ring (bicyclic) bond motifs is 1. The predicted octanol–water partition coefficient (Wildman–Crippen LogP) is 2.45. The van der Waals surface area contributed by atoms with Crippen LogP contribution in [-0.2, 0) is 9.59 Å². The van der Waals surface area contributed by atoms with Crippen LogP contribution in [0.4, 0.5) is 5.69 Å². The third kappa shape index (κ3) is 3.83. The first-order chi connectivity index (χ1) is 12.0. The molecule has 0 saturated heterocycles. The van der Waals surface area contributed by atoms with Crippen LogP contribution < -0.4 is 15.0 Å². The number of hydrogen-bond donors (Lipinski definition) is 1. The smallest absolute Gasteiger partial charge is 0.267 e. The molecule has 134 valence electrons. The minimum atomic E-state index is -0.529. The molecule has 2 amide bonds. The molecule has 2 aliphatic rings. The van der Waals surface area contributed by atoms with Gasteiger partial charge in [0.05, 0.1) is 5.69 Å². The molecular weight excluding hydrogens is 320 g/mol.